The Bertz CT molecular complexity index is 616. The van der Waals surface area contributed by atoms with Crippen molar-refractivity contribution in [3.05, 3.63) is 41.0 Å². The van der Waals surface area contributed by atoms with Crippen LogP contribution >= 0.6 is 11.6 Å². The fraction of sp³-hybridized carbons (Fsp3) is 0.333. The molecule has 0 aliphatic heterocycles. The third-order valence-corrected chi connectivity index (χ3v) is 3.19. The van der Waals surface area contributed by atoms with Gasteiger partial charge in [0.25, 0.3) is 5.91 Å². The van der Waals surface area contributed by atoms with Crippen LogP contribution in [0.1, 0.15) is 17.3 Å². The third kappa shape index (κ3) is 3.46. The van der Waals surface area contributed by atoms with Crippen LogP contribution in [0.5, 0.6) is 0 Å². The van der Waals surface area contributed by atoms with Gasteiger partial charge in [-0.2, -0.15) is 0 Å². The van der Waals surface area contributed by atoms with Gasteiger partial charge in [0.1, 0.15) is 5.15 Å². The lowest BCUT2D eigenvalue weighted by Crippen LogP contribution is -2.30. The van der Waals surface area contributed by atoms with E-state index in [4.69, 9.17) is 16.3 Å². The quantitative estimate of drug-likeness (QED) is 0.862. The van der Waals surface area contributed by atoms with Crippen molar-refractivity contribution in [1.29, 1.82) is 0 Å². The molecular formula is C15H17ClN2O2. The molecule has 2 rings (SSSR count). The largest absolute Gasteiger partial charge is 0.384 e. The average molecular weight is 293 g/mol. The number of carbonyl (C=O) groups excluding carboxylic acids is 1. The molecule has 5 heteroatoms. The number of amides is 1. The first-order valence-electron chi connectivity index (χ1n) is 6.44. The number of aromatic nitrogens is 1. The fourth-order valence-corrected chi connectivity index (χ4v) is 2.24. The minimum Gasteiger partial charge on any atom is -0.384 e. The van der Waals surface area contributed by atoms with Crippen molar-refractivity contribution in [2.45, 2.75) is 6.92 Å². The molecule has 0 aliphatic rings. The Morgan fingerprint density at radius 3 is 2.95 bits per heavy atom. The summed E-state index contributed by atoms with van der Waals surface area (Å²) in [6.07, 6.45) is 0. The van der Waals surface area contributed by atoms with Crippen LogP contribution in [0, 0.1) is 5.92 Å². The van der Waals surface area contributed by atoms with Gasteiger partial charge < -0.3 is 10.1 Å². The lowest BCUT2D eigenvalue weighted by Gasteiger charge is -2.12. The van der Waals surface area contributed by atoms with Crippen molar-refractivity contribution in [3.8, 4) is 0 Å². The highest BCUT2D eigenvalue weighted by Gasteiger charge is 2.13. The molecule has 0 aliphatic carbocycles. The first-order valence-corrected chi connectivity index (χ1v) is 6.82. The summed E-state index contributed by atoms with van der Waals surface area (Å²) >= 11 is 5.97. The molecule has 0 spiro atoms. The predicted molar refractivity (Wildman–Crippen MR) is 80.1 cm³/mol. The molecule has 1 aromatic heterocycles. The zero-order valence-corrected chi connectivity index (χ0v) is 12.3. The molecule has 1 amide bonds. The Kier molecular flexibility index (Phi) is 4.93. The second kappa shape index (κ2) is 6.68. The van der Waals surface area contributed by atoms with E-state index in [1.807, 2.05) is 31.2 Å². The van der Waals surface area contributed by atoms with Crippen LogP contribution in [-0.4, -0.2) is 31.2 Å². The fourth-order valence-electron chi connectivity index (χ4n) is 2.04. The summed E-state index contributed by atoms with van der Waals surface area (Å²) in [5.41, 5.74) is 1.26. The van der Waals surface area contributed by atoms with Gasteiger partial charge in [-0.1, -0.05) is 36.7 Å². The van der Waals surface area contributed by atoms with E-state index in [1.54, 1.807) is 13.2 Å². The highest BCUT2D eigenvalue weighted by atomic mass is 35.5. The smallest absolute Gasteiger partial charge is 0.252 e. The molecule has 2 aromatic rings. The van der Waals surface area contributed by atoms with Gasteiger partial charge in [0.05, 0.1) is 17.7 Å². The monoisotopic (exact) mass is 292 g/mol. The van der Waals surface area contributed by atoms with Crippen LogP contribution in [0.2, 0.25) is 5.15 Å². The van der Waals surface area contributed by atoms with Crippen molar-refractivity contribution in [2.24, 2.45) is 5.92 Å². The van der Waals surface area contributed by atoms with E-state index in [2.05, 4.69) is 10.3 Å². The van der Waals surface area contributed by atoms with E-state index in [0.717, 1.165) is 10.9 Å². The van der Waals surface area contributed by atoms with Crippen molar-refractivity contribution >= 4 is 28.4 Å². The van der Waals surface area contributed by atoms with Gasteiger partial charge in [0, 0.05) is 19.0 Å². The van der Waals surface area contributed by atoms with E-state index in [0.29, 0.717) is 23.9 Å². The second-order valence-corrected chi connectivity index (χ2v) is 5.17. The number of halogens is 1. The van der Waals surface area contributed by atoms with E-state index in [-0.39, 0.29) is 11.8 Å². The van der Waals surface area contributed by atoms with Gasteiger partial charge in [-0.05, 0) is 18.1 Å². The molecule has 0 saturated carbocycles. The maximum atomic E-state index is 12.3. The molecule has 1 atom stereocenters. The van der Waals surface area contributed by atoms with Crippen LogP contribution in [0.4, 0.5) is 0 Å². The minimum atomic E-state index is -0.145. The summed E-state index contributed by atoms with van der Waals surface area (Å²) in [5, 5.41) is 4.02. The number of pyridine rings is 1. The van der Waals surface area contributed by atoms with Gasteiger partial charge in [-0.25, -0.2) is 4.98 Å². The Morgan fingerprint density at radius 2 is 2.20 bits per heavy atom. The molecule has 0 fully saturated rings. The lowest BCUT2D eigenvalue weighted by atomic mass is 10.1. The standard InChI is InChI=1S/C15H17ClN2O2/c1-10(9-20-2)8-17-15(19)12-7-14(16)18-13-6-4-3-5-11(12)13/h3-7,10H,8-9H2,1-2H3,(H,17,19). The van der Waals surface area contributed by atoms with Crippen molar-refractivity contribution in [3.63, 3.8) is 0 Å². The third-order valence-electron chi connectivity index (χ3n) is 2.99. The Morgan fingerprint density at radius 1 is 1.45 bits per heavy atom. The normalized spacial score (nSPS) is 12.3. The molecule has 1 heterocycles. The van der Waals surface area contributed by atoms with Crippen molar-refractivity contribution in [1.82, 2.24) is 10.3 Å². The summed E-state index contributed by atoms with van der Waals surface area (Å²) in [6, 6.07) is 9.05. The average Bonchev–Trinajstić information content (AvgIpc) is 2.44. The number of hydrogen-bond donors (Lipinski definition) is 1. The lowest BCUT2D eigenvalue weighted by molar-refractivity contribution is 0.0935. The van der Waals surface area contributed by atoms with Gasteiger partial charge in [0.2, 0.25) is 0 Å². The summed E-state index contributed by atoms with van der Waals surface area (Å²) in [7, 11) is 1.65. The first kappa shape index (κ1) is 14.8. The predicted octanol–water partition coefficient (Wildman–Crippen LogP) is 2.90. The number of fused-ring (bicyclic) bond motifs is 1. The Balaban J connectivity index is 2.21. The zero-order valence-electron chi connectivity index (χ0n) is 11.5. The number of methoxy groups -OCH3 is 1. The van der Waals surface area contributed by atoms with Crippen molar-refractivity contribution < 1.29 is 9.53 Å². The van der Waals surface area contributed by atoms with Crippen LogP contribution in [0.3, 0.4) is 0 Å². The molecule has 0 saturated heterocycles. The number of para-hydroxylation sites is 1. The Hall–Kier alpha value is -1.65. The van der Waals surface area contributed by atoms with Gasteiger partial charge >= 0.3 is 0 Å². The summed E-state index contributed by atoms with van der Waals surface area (Å²) in [4.78, 5) is 16.5. The molecule has 20 heavy (non-hydrogen) atoms. The number of nitrogens with one attached hydrogen (secondary N) is 1. The maximum absolute atomic E-state index is 12.3. The Labute approximate surface area is 123 Å². The molecule has 0 radical (unpaired) electrons. The summed E-state index contributed by atoms with van der Waals surface area (Å²) < 4.78 is 5.05. The molecule has 106 valence electrons. The number of benzene rings is 1. The van der Waals surface area contributed by atoms with Gasteiger partial charge in [-0.3, -0.25) is 4.79 Å². The molecule has 4 nitrogen and oxygen atoms in total. The van der Waals surface area contributed by atoms with Crippen LogP contribution in [-0.2, 0) is 4.74 Å². The molecular weight excluding hydrogens is 276 g/mol. The van der Waals surface area contributed by atoms with E-state index >= 15 is 0 Å². The summed E-state index contributed by atoms with van der Waals surface area (Å²) in [5.74, 6) is 0.112. The number of rotatable bonds is 5. The molecule has 1 N–H and O–H groups in total. The van der Waals surface area contributed by atoms with Gasteiger partial charge in [0.15, 0.2) is 0 Å². The highest BCUT2D eigenvalue weighted by molar-refractivity contribution is 6.30. The number of carbonyl (C=O) groups is 1. The molecule has 1 unspecified atom stereocenters. The number of nitrogens with zero attached hydrogens (tertiary/aromatic N) is 1. The van der Waals surface area contributed by atoms with E-state index < -0.39 is 0 Å². The summed E-state index contributed by atoms with van der Waals surface area (Å²) in [6.45, 7) is 3.18. The topological polar surface area (TPSA) is 51.2 Å². The second-order valence-electron chi connectivity index (χ2n) is 4.78. The number of hydrogen-bond acceptors (Lipinski definition) is 3. The SMILES string of the molecule is COCC(C)CNC(=O)c1cc(Cl)nc2ccccc12. The first-order chi connectivity index (χ1) is 9.61. The van der Waals surface area contributed by atoms with E-state index in [1.165, 1.54) is 0 Å². The molecule has 1 aromatic carbocycles. The number of ether oxygens (including phenoxy) is 1. The van der Waals surface area contributed by atoms with Crippen LogP contribution in [0.15, 0.2) is 30.3 Å². The van der Waals surface area contributed by atoms with Crippen LogP contribution < -0.4 is 5.32 Å². The minimum absolute atomic E-state index is 0.145. The van der Waals surface area contributed by atoms with Crippen LogP contribution in [0.25, 0.3) is 10.9 Å². The maximum Gasteiger partial charge on any atom is 0.252 e. The highest BCUT2D eigenvalue weighted by Crippen LogP contribution is 2.20. The molecule has 0 bridgehead atoms. The van der Waals surface area contributed by atoms with Gasteiger partial charge in [-0.15, -0.1) is 0 Å². The van der Waals surface area contributed by atoms with E-state index in [9.17, 15) is 4.79 Å². The van der Waals surface area contributed by atoms with Crippen molar-refractivity contribution in [2.75, 3.05) is 20.3 Å². The zero-order chi connectivity index (χ0) is 14.5.